The quantitative estimate of drug-likeness (QED) is 0.403. The van der Waals surface area contributed by atoms with Gasteiger partial charge in [0.15, 0.2) is 5.69 Å². The number of carbonyl (C=O) groups is 2. The van der Waals surface area contributed by atoms with Crippen LogP contribution in [0, 0.1) is 6.92 Å². The van der Waals surface area contributed by atoms with Crippen molar-refractivity contribution in [3.63, 3.8) is 0 Å². The Morgan fingerprint density at radius 3 is 2.73 bits per heavy atom. The van der Waals surface area contributed by atoms with Gasteiger partial charge in [-0.05, 0) is 58.4 Å². The van der Waals surface area contributed by atoms with Crippen molar-refractivity contribution in [3.05, 3.63) is 66.0 Å². The second kappa shape index (κ2) is 9.78. The van der Waals surface area contributed by atoms with Gasteiger partial charge in [-0.25, -0.2) is 4.52 Å². The summed E-state index contributed by atoms with van der Waals surface area (Å²) in [5.41, 5.74) is 4.17. The molecule has 0 aromatic carbocycles. The first kappa shape index (κ1) is 24.6. The van der Waals surface area contributed by atoms with Gasteiger partial charge in [-0.15, -0.1) is 0 Å². The van der Waals surface area contributed by atoms with Crippen LogP contribution >= 0.6 is 0 Å². The fourth-order valence-corrected chi connectivity index (χ4v) is 4.94. The molecule has 1 aliphatic heterocycles. The Hall–Kier alpha value is -4.05. The molecule has 1 aliphatic rings. The van der Waals surface area contributed by atoms with Crippen LogP contribution in [0.2, 0.25) is 0 Å². The number of hydrogen-bond acceptors (Lipinski definition) is 6. The van der Waals surface area contributed by atoms with Crippen molar-refractivity contribution in [2.24, 2.45) is 7.05 Å². The average Bonchev–Trinajstić information content (AvgIpc) is 3.56. The highest BCUT2D eigenvalue weighted by molar-refractivity contribution is 6.10. The molecule has 0 atom stereocenters. The summed E-state index contributed by atoms with van der Waals surface area (Å²) < 4.78 is 3.36. The van der Waals surface area contributed by atoms with E-state index in [4.69, 9.17) is 0 Å². The fraction of sp³-hybridized carbons (Fsp3) is 0.370. The number of pyridine rings is 2. The normalized spacial score (nSPS) is 15.2. The largest absolute Gasteiger partial charge is 0.351 e. The average molecular weight is 501 g/mol. The first-order valence-electron chi connectivity index (χ1n) is 12.5. The molecule has 1 saturated heterocycles. The van der Waals surface area contributed by atoms with Crippen molar-refractivity contribution < 1.29 is 9.59 Å². The van der Waals surface area contributed by atoms with Crippen molar-refractivity contribution in [1.82, 2.24) is 34.6 Å². The van der Waals surface area contributed by atoms with E-state index in [1.807, 2.05) is 31.4 Å². The summed E-state index contributed by atoms with van der Waals surface area (Å²) in [7, 11) is 1.83. The van der Waals surface area contributed by atoms with E-state index in [9.17, 15) is 9.59 Å². The second-order valence-corrected chi connectivity index (χ2v) is 10.1. The van der Waals surface area contributed by atoms with Crippen LogP contribution in [0.5, 0.6) is 0 Å². The third-order valence-electron chi connectivity index (χ3n) is 7.09. The monoisotopic (exact) mass is 500 g/mol. The summed E-state index contributed by atoms with van der Waals surface area (Å²) >= 11 is 0. The molecule has 0 saturated carbocycles. The van der Waals surface area contributed by atoms with Crippen molar-refractivity contribution in [2.75, 3.05) is 25.0 Å². The standard InChI is InChI=1S/C27H32N8O2/c1-18-21(14-19(15-29-18)25(36)28-10-13-34-11-7-9-27(34,2)3)31-26(37)24-23(20-16-30-33(4)17-20)22-8-5-6-12-35(22)32-24/h5-6,8,12,14-17H,7,9-11,13H2,1-4H3,(H,28,36)(H,31,37). The number of likely N-dealkylation sites (tertiary alicyclic amines) is 1. The summed E-state index contributed by atoms with van der Waals surface area (Å²) in [5.74, 6) is -0.606. The van der Waals surface area contributed by atoms with Crippen molar-refractivity contribution in [3.8, 4) is 11.1 Å². The molecule has 0 unspecified atom stereocenters. The van der Waals surface area contributed by atoms with E-state index < -0.39 is 0 Å². The van der Waals surface area contributed by atoms with E-state index in [0.717, 1.165) is 24.2 Å². The molecule has 0 radical (unpaired) electrons. The minimum absolute atomic E-state index is 0.167. The van der Waals surface area contributed by atoms with Crippen LogP contribution in [0.15, 0.2) is 49.1 Å². The number of nitrogens with one attached hydrogen (secondary N) is 2. The molecule has 10 heteroatoms. The van der Waals surface area contributed by atoms with Crippen molar-refractivity contribution >= 4 is 23.0 Å². The van der Waals surface area contributed by atoms with Gasteiger partial charge in [-0.2, -0.15) is 10.2 Å². The highest BCUT2D eigenvalue weighted by Crippen LogP contribution is 2.29. The van der Waals surface area contributed by atoms with Crippen LogP contribution < -0.4 is 10.6 Å². The van der Waals surface area contributed by atoms with Gasteiger partial charge in [0.05, 0.1) is 28.7 Å². The van der Waals surface area contributed by atoms with Gasteiger partial charge in [0.25, 0.3) is 11.8 Å². The lowest BCUT2D eigenvalue weighted by Gasteiger charge is -2.31. The number of carbonyl (C=O) groups excluding carboxylic acids is 2. The van der Waals surface area contributed by atoms with Gasteiger partial charge in [-0.3, -0.25) is 24.2 Å². The van der Waals surface area contributed by atoms with E-state index in [0.29, 0.717) is 29.1 Å². The molecule has 5 heterocycles. The number of aromatic nitrogens is 5. The van der Waals surface area contributed by atoms with Crippen LogP contribution in [-0.2, 0) is 7.05 Å². The maximum absolute atomic E-state index is 13.4. The smallest absolute Gasteiger partial charge is 0.276 e. The SMILES string of the molecule is Cc1ncc(C(=O)NCCN2CCCC2(C)C)cc1NC(=O)c1nn2ccccc2c1-c1cnn(C)c1. The number of nitrogens with zero attached hydrogens (tertiary/aromatic N) is 6. The van der Waals surface area contributed by atoms with Crippen molar-refractivity contribution in [1.29, 1.82) is 0 Å². The van der Waals surface area contributed by atoms with Gasteiger partial charge in [0.1, 0.15) is 0 Å². The second-order valence-electron chi connectivity index (χ2n) is 10.1. The fourth-order valence-electron chi connectivity index (χ4n) is 4.94. The molecule has 4 aromatic heterocycles. The number of amides is 2. The Labute approximate surface area is 215 Å². The number of anilines is 1. The van der Waals surface area contributed by atoms with Gasteiger partial charge in [-0.1, -0.05) is 6.07 Å². The number of rotatable bonds is 7. The predicted molar refractivity (Wildman–Crippen MR) is 142 cm³/mol. The molecule has 1 fully saturated rings. The summed E-state index contributed by atoms with van der Waals surface area (Å²) in [6, 6.07) is 7.33. The summed E-state index contributed by atoms with van der Waals surface area (Å²) in [5, 5.41) is 14.7. The Kier molecular flexibility index (Phi) is 6.51. The van der Waals surface area contributed by atoms with Crippen LogP contribution in [0.25, 0.3) is 16.6 Å². The van der Waals surface area contributed by atoms with Crippen molar-refractivity contribution in [2.45, 2.75) is 39.2 Å². The Balaban J connectivity index is 1.34. The lowest BCUT2D eigenvalue weighted by Crippen LogP contribution is -2.43. The molecule has 2 amide bonds. The minimum atomic E-state index is -0.388. The molecular formula is C27H32N8O2. The molecular weight excluding hydrogens is 468 g/mol. The van der Waals surface area contributed by atoms with E-state index in [1.165, 1.54) is 19.0 Å². The summed E-state index contributed by atoms with van der Waals surface area (Å²) in [4.78, 5) is 33.1. The zero-order valence-electron chi connectivity index (χ0n) is 21.7. The molecule has 0 bridgehead atoms. The third-order valence-corrected chi connectivity index (χ3v) is 7.09. The van der Waals surface area contributed by atoms with Gasteiger partial charge >= 0.3 is 0 Å². The number of aryl methyl sites for hydroxylation is 2. The topological polar surface area (TPSA) is 109 Å². The van der Waals surface area contributed by atoms with E-state index in [-0.39, 0.29) is 23.0 Å². The highest BCUT2D eigenvalue weighted by Gasteiger charge is 2.31. The molecule has 5 rings (SSSR count). The zero-order chi connectivity index (χ0) is 26.2. The molecule has 0 spiro atoms. The predicted octanol–water partition coefficient (Wildman–Crippen LogP) is 3.29. The minimum Gasteiger partial charge on any atom is -0.351 e. The molecule has 10 nitrogen and oxygen atoms in total. The zero-order valence-corrected chi connectivity index (χ0v) is 21.7. The summed E-state index contributed by atoms with van der Waals surface area (Å²) in [6.45, 7) is 8.67. The first-order chi connectivity index (χ1) is 17.7. The highest BCUT2D eigenvalue weighted by atomic mass is 16.2. The Bertz CT molecular complexity index is 1470. The van der Waals surface area contributed by atoms with Gasteiger partial charge in [0.2, 0.25) is 0 Å². The maximum Gasteiger partial charge on any atom is 0.276 e. The molecule has 0 aliphatic carbocycles. The lowest BCUT2D eigenvalue weighted by atomic mass is 10.0. The number of hydrogen-bond donors (Lipinski definition) is 2. The van der Waals surface area contributed by atoms with E-state index in [2.05, 4.69) is 44.6 Å². The van der Waals surface area contributed by atoms with Crippen LogP contribution in [-0.4, -0.2) is 66.3 Å². The maximum atomic E-state index is 13.4. The van der Waals surface area contributed by atoms with E-state index in [1.54, 1.807) is 34.6 Å². The number of fused-ring (bicyclic) bond motifs is 1. The third kappa shape index (κ3) is 4.97. The van der Waals surface area contributed by atoms with Gasteiger partial charge in [0, 0.05) is 55.4 Å². The van der Waals surface area contributed by atoms with Crippen LogP contribution in [0.4, 0.5) is 5.69 Å². The van der Waals surface area contributed by atoms with Gasteiger partial charge < -0.3 is 10.6 Å². The molecule has 2 N–H and O–H groups in total. The Morgan fingerprint density at radius 1 is 1.16 bits per heavy atom. The summed E-state index contributed by atoms with van der Waals surface area (Å²) in [6.07, 6.45) is 9.24. The first-order valence-corrected chi connectivity index (χ1v) is 12.5. The van der Waals surface area contributed by atoms with Crippen LogP contribution in [0.1, 0.15) is 53.2 Å². The van der Waals surface area contributed by atoms with E-state index >= 15 is 0 Å². The molecule has 4 aromatic rings. The Morgan fingerprint density at radius 2 is 2.00 bits per heavy atom. The molecule has 192 valence electrons. The lowest BCUT2D eigenvalue weighted by molar-refractivity contribution is 0.0938. The van der Waals surface area contributed by atoms with Crippen LogP contribution in [0.3, 0.4) is 0 Å². The molecule has 37 heavy (non-hydrogen) atoms.